The first-order valence-electron chi connectivity index (χ1n) is 14.6. The van der Waals surface area contributed by atoms with E-state index in [-0.39, 0.29) is 0 Å². The Bertz CT molecular complexity index is 2070. The minimum Gasteiger partial charge on any atom is -0.324 e. The van der Waals surface area contributed by atoms with Crippen LogP contribution in [-0.2, 0) is 19.5 Å². The van der Waals surface area contributed by atoms with Crippen LogP contribution in [0.5, 0.6) is 0 Å². The van der Waals surface area contributed by atoms with Gasteiger partial charge in [-0.2, -0.15) is 0 Å². The van der Waals surface area contributed by atoms with Gasteiger partial charge in [0.1, 0.15) is 11.6 Å². The molecule has 3 heterocycles. The second-order valence-corrected chi connectivity index (χ2v) is 11.3. The molecule has 9 heteroatoms. The number of benzene rings is 4. The molecule has 8 nitrogen and oxygen atoms in total. The summed E-state index contributed by atoms with van der Waals surface area (Å²) in [4.78, 5) is 10.2. The number of aryl methyl sites for hydroxylation is 3. The number of nitrogens with zero attached hydrogens (tertiary/aromatic N) is 7. The predicted octanol–water partition coefficient (Wildman–Crippen LogP) is 7.88. The average molecular weight is 587 g/mol. The van der Waals surface area contributed by atoms with Crippen LogP contribution in [-0.4, -0.2) is 39.7 Å². The number of rotatable bonds is 8. The maximum absolute atomic E-state index is 6.32. The molecule has 0 saturated carbocycles. The Kier molecular flexibility index (Phi) is 6.99. The molecule has 1 N–H and O–H groups in total. The van der Waals surface area contributed by atoms with Crippen molar-refractivity contribution in [3.63, 3.8) is 0 Å². The fourth-order valence-corrected chi connectivity index (χ4v) is 6.18. The topological polar surface area (TPSA) is 90.1 Å². The van der Waals surface area contributed by atoms with E-state index in [0.29, 0.717) is 17.4 Å². The van der Waals surface area contributed by atoms with Gasteiger partial charge in [-0.1, -0.05) is 61.0 Å². The first-order chi connectivity index (χ1) is 21.0. The summed E-state index contributed by atoms with van der Waals surface area (Å²) in [6.45, 7) is 7.95. The van der Waals surface area contributed by atoms with Crippen molar-refractivity contribution in [1.29, 1.82) is 0 Å². The monoisotopic (exact) mass is 586 g/mol. The third kappa shape index (κ3) is 4.87. The SMILES string of the molecule is CCCc1nc2c(C)cc(-c3nc4cc(Cl)ccc4n3CC)cc2n1Cc1ccc(-c2ccccc2)c(-c2nnn[nH]2)c1. The van der Waals surface area contributed by atoms with Gasteiger partial charge in [0.15, 0.2) is 5.82 Å². The van der Waals surface area contributed by atoms with E-state index in [0.717, 1.165) is 86.5 Å². The Morgan fingerprint density at radius 3 is 2.44 bits per heavy atom. The van der Waals surface area contributed by atoms with Crippen LogP contribution in [0.4, 0.5) is 0 Å². The number of aromatic amines is 1. The third-order valence-corrected chi connectivity index (χ3v) is 8.23. The predicted molar refractivity (Wildman–Crippen MR) is 172 cm³/mol. The molecule has 0 fully saturated rings. The van der Waals surface area contributed by atoms with Crippen molar-refractivity contribution in [2.45, 2.75) is 46.7 Å². The van der Waals surface area contributed by atoms with E-state index in [1.807, 2.05) is 36.4 Å². The highest BCUT2D eigenvalue weighted by atomic mass is 35.5. The number of imidazole rings is 2. The quantitative estimate of drug-likeness (QED) is 0.195. The van der Waals surface area contributed by atoms with Crippen LogP contribution in [0.1, 0.15) is 37.2 Å². The summed E-state index contributed by atoms with van der Waals surface area (Å²) >= 11 is 6.32. The molecule has 0 saturated heterocycles. The molecule has 0 aliphatic heterocycles. The van der Waals surface area contributed by atoms with E-state index >= 15 is 0 Å². The molecule has 0 spiro atoms. The fourth-order valence-electron chi connectivity index (χ4n) is 6.01. The first-order valence-corrected chi connectivity index (χ1v) is 15.0. The normalized spacial score (nSPS) is 11.6. The first kappa shape index (κ1) is 27.0. The zero-order valence-electron chi connectivity index (χ0n) is 24.3. The highest BCUT2D eigenvalue weighted by Gasteiger charge is 2.19. The summed E-state index contributed by atoms with van der Waals surface area (Å²) in [5.74, 6) is 2.65. The maximum atomic E-state index is 6.32. The molecule has 4 aromatic carbocycles. The Labute approximate surface area is 254 Å². The number of fused-ring (bicyclic) bond motifs is 2. The van der Waals surface area contributed by atoms with E-state index in [2.05, 4.69) is 93.0 Å². The molecule has 0 aliphatic carbocycles. The molecule has 214 valence electrons. The van der Waals surface area contributed by atoms with E-state index in [1.165, 1.54) is 0 Å². The Morgan fingerprint density at radius 1 is 0.814 bits per heavy atom. The van der Waals surface area contributed by atoms with Gasteiger partial charge in [0.05, 0.1) is 22.1 Å². The van der Waals surface area contributed by atoms with E-state index in [9.17, 15) is 0 Å². The van der Waals surface area contributed by atoms with Crippen LogP contribution in [0.3, 0.4) is 0 Å². The van der Waals surface area contributed by atoms with Crippen LogP contribution in [0.2, 0.25) is 5.02 Å². The standard InChI is InChI=1S/C34H31ClN8/c1-4-9-31-37-32-21(3)16-24(34-36-28-19-25(35)13-15-29(28)42(34)5-2)18-30(32)43(31)20-22-12-14-26(23-10-7-6-8-11-23)27(17-22)33-38-40-41-39-33/h6-8,10-19H,4-5,9,20H2,1-3H3,(H,38,39,40,41). The molecule has 43 heavy (non-hydrogen) atoms. The van der Waals surface area contributed by atoms with Gasteiger partial charge in [-0.15, -0.1) is 5.10 Å². The summed E-state index contributed by atoms with van der Waals surface area (Å²) in [7, 11) is 0. The van der Waals surface area contributed by atoms with Crippen LogP contribution >= 0.6 is 11.6 Å². The van der Waals surface area contributed by atoms with Crippen LogP contribution in [0.15, 0.2) is 78.9 Å². The van der Waals surface area contributed by atoms with Crippen molar-refractivity contribution in [3.05, 3.63) is 101 Å². The Morgan fingerprint density at radius 2 is 1.67 bits per heavy atom. The lowest BCUT2D eigenvalue weighted by Gasteiger charge is -2.14. The minimum absolute atomic E-state index is 0.640. The van der Waals surface area contributed by atoms with Gasteiger partial charge in [0.25, 0.3) is 0 Å². The highest BCUT2D eigenvalue weighted by Crippen LogP contribution is 2.34. The van der Waals surface area contributed by atoms with Crippen LogP contribution < -0.4 is 0 Å². The lowest BCUT2D eigenvalue weighted by atomic mass is 9.97. The molecule has 0 radical (unpaired) electrons. The summed E-state index contributed by atoms with van der Waals surface area (Å²) in [5.41, 5.74) is 10.6. The lowest BCUT2D eigenvalue weighted by Crippen LogP contribution is -2.06. The number of aromatic nitrogens is 8. The summed E-state index contributed by atoms with van der Waals surface area (Å²) in [5, 5.41) is 15.6. The fraction of sp³-hybridized carbons (Fsp3) is 0.206. The van der Waals surface area contributed by atoms with E-state index < -0.39 is 0 Å². The smallest absolute Gasteiger partial charge is 0.180 e. The molecule has 7 rings (SSSR count). The Balaban J connectivity index is 1.37. The molecule has 0 aliphatic rings. The summed E-state index contributed by atoms with van der Waals surface area (Å²) in [6, 6.07) is 27.2. The molecular formula is C34H31ClN8. The number of nitrogens with one attached hydrogen (secondary N) is 1. The number of tetrazole rings is 1. The molecule has 0 amide bonds. The second kappa shape index (κ2) is 11.1. The van der Waals surface area contributed by atoms with Gasteiger partial charge in [0, 0.05) is 35.7 Å². The largest absolute Gasteiger partial charge is 0.324 e. The lowest BCUT2D eigenvalue weighted by molar-refractivity contribution is 0.722. The maximum Gasteiger partial charge on any atom is 0.180 e. The third-order valence-electron chi connectivity index (χ3n) is 7.99. The molecule has 3 aromatic heterocycles. The van der Waals surface area contributed by atoms with Gasteiger partial charge in [-0.25, -0.2) is 15.1 Å². The van der Waals surface area contributed by atoms with Gasteiger partial charge < -0.3 is 9.13 Å². The van der Waals surface area contributed by atoms with Gasteiger partial charge >= 0.3 is 0 Å². The second-order valence-electron chi connectivity index (χ2n) is 10.8. The van der Waals surface area contributed by atoms with Crippen LogP contribution in [0.25, 0.3) is 56.0 Å². The number of hydrogen-bond donors (Lipinski definition) is 1. The van der Waals surface area contributed by atoms with Crippen molar-refractivity contribution >= 4 is 33.7 Å². The summed E-state index contributed by atoms with van der Waals surface area (Å²) in [6.07, 6.45) is 1.89. The Hall–Kier alpha value is -4.82. The molecule has 0 atom stereocenters. The van der Waals surface area contributed by atoms with Crippen molar-refractivity contribution in [2.75, 3.05) is 0 Å². The van der Waals surface area contributed by atoms with Crippen molar-refractivity contribution in [3.8, 4) is 33.9 Å². The van der Waals surface area contributed by atoms with E-state index in [1.54, 1.807) is 0 Å². The summed E-state index contributed by atoms with van der Waals surface area (Å²) < 4.78 is 4.60. The van der Waals surface area contributed by atoms with Crippen molar-refractivity contribution < 1.29 is 0 Å². The number of H-pyrrole nitrogens is 1. The zero-order chi connectivity index (χ0) is 29.5. The molecule has 7 aromatic rings. The average Bonchev–Trinajstić information content (AvgIpc) is 3.76. The molecular weight excluding hydrogens is 556 g/mol. The van der Waals surface area contributed by atoms with Crippen molar-refractivity contribution in [1.82, 2.24) is 39.7 Å². The zero-order valence-corrected chi connectivity index (χ0v) is 25.1. The highest BCUT2D eigenvalue weighted by molar-refractivity contribution is 6.31. The van der Waals surface area contributed by atoms with Gasteiger partial charge in [0.2, 0.25) is 0 Å². The minimum atomic E-state index is 0.640. The van der Waals surface area contributed by atoms with E-state index in [4.69, 9.17) is 21.6 Å². The van der Waals surface area contributed by atoms with Crippen molar-refractivity contribution in [2.24, 2.45) is 0 Å². The number of hydrogen-bond acceptors (Lipinski definition) is 5. The number of halogens is 1. The molecule has 0 unspecified atom stereocenters. The van der Waals surface area contributed by atoms with Gasteiger partial charge in [-0.05, 0) is 89.3 Å². The van der Waals surface area contributed by atoms with Gasteiger partial charge in [-0.3, -0.25) is 0 Å². The van der Waals surface area contributed by atoms with Crippen LogP contribution in [0, 0.1) is 6.92 Å². The molecule has 0 bridgehead atoms.